The second-order valence-corrected chi connectivity index (χ2v) is 3.89. The van der Waals surface area contributed by atoms with E-state index in [1.54, 1.807) is 13.2 Å². The Labute approximate surface area is 101 Å². The maximum absolute atomic E-state index is 4.98. The van der Waals surface area contributed by atoms with Crippen molar-refractivity contribution in [3.05, 3.63) is 18.0 Å². The minimum absolute atomic E-state index is 0.664. The van der Waals surface area contributed by atoms with Crippen LogP contribution in [0.4, 0.5) is 5.69 Å². The van der Waals surface area contributed by atoms with Crippen molar-refractivity contribution in [2.24, 2.45) is 0 Å². The lowest BCUT2D eigenvalue weighted by Crippen LogP contribution is -2.37. The molecule has 16 heavy (non-hydrogen) atoms. The number of nitrogens with one attached hydrogen (secondary N) is 2. The molecule has 0 saturated heterocycles. The summed E-state index contributed by atoms with van der Waals surface area (Å²) in [5, 5.41) is 14.5. The van der Waals surface area contributed by atoms with E-state index < -0.39 is 0 Å². The molecule has 0 aliphatic heterocycles. The number of nitrogens with zero attached hydrogens (tertiary/aromatic N) is 3. The number of rotatable bonds is 4. The number of thiocarbonyl (C=S) groups is 1. The van der Waals surface area contributed by atoms with Gasteiger partial charge in [0.1, 0.15) is 0 Å². The van der Waals surface area contributed by atoms with Crippen LogP contribution in [0.1, 0.15) is 5.69 Å². The van der Waals surface area contributed by atoms with Crippen molar-refractivity contribution in [1.82, 2.24) is 20.8 Å². The van der Waals surface area contributed by atoms with Gasteiger partial charge in [-0.2, -0.15) is 10.2 Å². The Bertz CT molecular complexity index is 355. The van der Waals surface area contributed by atoms with Gasteiger partial charge in [-0.3, -0.25) is 0 Å². The molecule has 5 nitrogen and oxygen atoms in total. The van der Waals surface area contributed by atoms with E-state index in [1.807, 2.05) is 20.0 Å². The molecule has 0 spiro atoms. The van der Waals surface area contributed by atoms with Gasteiger partial charge in [-0.1, -0.05) is 0 Å². The van der Waals surface area contributed by atoms with Crippen molar-refractivity contribution < 1.29 is 0 Å². The second kappa shape index (κ2) is 6.22. The predicted molar refractivity (Wildman–Crippen MR) is 69.7 cm³/mol. The second-order valence-electron chi connectivity index (χ2n) is 3.48. The van der Waals surface area contributed by atoms with Crippen LogP contribution in [0, 0.1) is 6.92 Å². The molecule has 0 amide bonds. The van der Waals surface area contributed by atoms with Gasteiger partial charge >= 0.3 is 0 Å². The summed E-state index contributed by atoms with van der Waals surface area (Å²) in [5.41, 5.74) is 1.98. The Balaban J connectivity index is 2.40. The zero-order valence-corrected chi connectivity index (χ0v) is 10.6. The van der Waals surface area contributed by atoms with Gasteiger partial charge in [0, 0.05) is 27.2 Å². The molecule has 0 radical (unpaired) electrons. The number of hydrogen-bond donors (Lipinski definition) is 2. The smallest absolute Gasteiger partial charge is 0.166 e. The third-order valence-electron chi connectivity index (χ3n) is 2.16. The average Bonchev–Trinajstić information content (AvgIpc) is 2.28. The normalized spacial score (nSPS) is 9.69. The molecule has 1 rings (SSSR count). The van der Waals surface area contributed by atoms with E-state index in [-0.39, 0.29) is 0 Å². The van der Waals surface area contributed by atoms with Crippen LogP contribution in [0.25, 0.3) is 0 Å². The molecule has 1 aromatic heterocycles. The van der Waals surface area contributed by atoms with Gasteiger partial charge in [0.25, 0.3) is 0 Å². The highest BCUT2D eigenvalue weighted by Crippen LogP contribution is 2.09. The van der Waals surface area contributed by atoms with Crippen LogP contribution >= 0.6 is 12.2 Å². The van der Waals surface area contributed by atoms with E-state index in [2.05, 4.69) is 25.7 Å². The average molecular weight is 239 g/mol. The van der Waals surface area contributed by atoms with Crippen LogP contribution in [-0.2, 0) is 0 Å². The monoisotopic (exact) mass is 239 g/mol. The minimum atomic E-state index is 0.664. The summed E-state index contributed by atoms with van der Waals surface area (Å²) < 4.78 is 0. The Morgan fingerprint density at radius 3 is 2.94 bits per heavy atom. The zero-order chi connectivity index (χ0) is 12.0. The molecule has 88 valence electrons. The lowest BCUT2D eigenvalue weighted by atomic mass is 10.3. The molecule has 0 aromatic carbocycles. The zero-order valence-electron chi connectivity index (χ0n) is 9.82. The first kappa shape index (κ1) is 12.6. The standard InChI is InChI=1S/C10H17N5S/c1-8-6-9(7-13-14-8)15(3)5-4-12-10(16)11-2/h6-7H,4-5H2,1-3H3,(H2,11,12,16). The first-order chi connectivity index (χ1) is 7.63. The van der Waals surface area contributed by atoms with Crippen molar-refractivity contribution in [3.63, 3.8) is 0 Å². The Kier molecular flexibility index (Phi) is 4.91. The third-order valence-corrected chi connectivity index (χ3v) is 2.51. The van der Waals surface area contributed by atoms with E-state index in [0.29, 0.717) is 5.11 Å². The number of hydrogen-bond acceptors (Lipinski definition) is 4. The highest BCUT2D eigenvalue weighted by Gasteiger charge is 2.01. The molecule has 0 bridgehead atoms. The molecule has 6 heteroatoms. The molecule has 0 atom stereocenters. The van der Waals surface area contributed by atoms with Gasteiger partial charge in [-0.15, -0.1) is 0 Å². The van der Waals surface area contributed by atoms with Crippen LogP contribution in [0.15, 0.2) is 12.3 Å². The van der Waals surface area contributed by atoms with Crippen molar-refractivity contribution in [1.29, 1.82) is 0 Å². The summed E-state index contributed by atoms with van der Waals surface area (Å²) >= 11 is 4.98. The topological polar surface area (TPSA) is 53.1 Å². The Hall–Kier alpha value is -1.43. The summed E-state index contributed by atoms with van der Waals surface area (Å²) in [6.45, 7) is 3.57. The number of aromatic nitrogens is 2. The molecule has 0 unspecified atom stereocenters. The first-order valence-corrected chi connectivity index (χ1v) is 5.50. The first-order valence-electron chi connectivity index (χ1n) is 5.09. The largest absolute Gasteiger partial charge is 0.371 e. The van der Waals surface area contributed by atoms with Gasteiger partial charge in [-0.25, -0.2) is 0 Å². The Morgan fingerprint density at radius 1 is 1.56 bits per heavy atom. The third kappa shape index (κ3) is 3.98. The van der Waals surface area contributed by atoms with Gasteiger partial charge in [0.2, 0.25) is 0 Å². The minimum Gasteiger partial charge on any atom is -0.371 e. The van der Waals surface area contributed by atoms with Crippen LogP contribution in [0.5, 0.6) is 0 Å². The highest BCUT2D eigenvalue weighted by molar-refractivity contribution is 7.80. The molecule has 1 heterocycles. The number of aryl methyl sites for hydroxylation is 1. The molecule has 2 N–H and O–H groups in total. The molecular formula is C10H17N5S. The van der Waals surface area contributed by atoms with Crippen molar-refractivity contribution in [3.8, 4) is 0 Å². The van der Waals surface area contributed by atoms with Crippen molar-refractivity contribution in [2.45, 2.75) is 6.92 Å². The van der Waals surface area contributed by atoms with Gasteiger partial charge in [-0.05, 0) is 25.2 Å². The van der Waals surface area contributed by atoms with E-state index in [1.165, 1.54) is 0 Å². The summed E-state index contributed by atoms with van der Waals surface area (Å²) in [4.78, 5) is 2.10. The lowest BCUT2D eigenvalue weighted by molar-refractivity contribution is 0.807. The van der Waals surface area contributed by atoms with E-state index >= 15 is 0 Å². The summed E-state index contributed by atoms with van der Waals surface area (Å²) in [6, 6.07) is 2.00. The maximum Gasteiger partial charge on any atom is 0.166 e. The van der Waals surface area contributed by atoms with Crippen LogP contribution in [0.3, 0.4) is 0 Å². The van der Waals surface area contributed by atoms with E-state index in [4.69, 9.17) is 12.2 Å². The molecular weight excluding hydrogens is 222 g/mol. The van der Waals surface area contributed by atoms with Crippen LogP contribution in [0.2, 0.25) is 0 Å². The summed E-state index contributed by atoms with van der Waals surface area (Å²) in [6.07, 6.45) is 1.75. The molecule has 1 aromatic rings. The van der Waals surface area contributed by atoms with Gasteiger partial charge in [0.05, 0.1) is 17.6 Å². The van der Waals surface area contributed by atoms with Gasteiger partial charge < -0.3 is 15.5 Å². The SMILES string of the molecule is CNC(=S)NCCN(C)c1cnnc(C)c1. The van der Waals surface area contributed by atoms with E-state index in [0.717, 1.165) is 24.5 Å². The molecule has 0 aliphatic rings. The predicted octanol–water partition coefficient (Wildman–Crippen LogP) is 0.315. The summed E-state index contributed by atoms with van der Waals surface area (Å²) in [5.74, 6) is 0. The lowest BCUT2D eigenvalue weighted by Gasteiger charge is -2.19. The quantitative estimate of drug-likeness (QED) is 0.738. The molecule has 0 aliphatic carbocycles. The molecule has 0 fully saturated rings. The summed E-state index contributed by atoms with van der Waals surface area (Å²) in [7, 11) is 3.82. The van der Waals surface area contributed by atoms with Crippen molar-refractivity contribution in [2.75, 3.05) is 32.1 Å². The van der Waals surface area contributed by atoms with Crippen LogP contribution < -0.4 is 15.5 Å². The fraction of sp³-hybridized carbons (Fsp3) is 0.500. The Morgan fingerprint density at radius 2 is 2.31 bits per heavy atom. The van der Waals surface area contributed by atoms with E-state index in [9.17, 15) is 0 Å². The van der Waals surface area contributed by atoms with Crippen LogP contribution in [-0.4, -0.2) is 42.5 Å². The highest BCUT2D eigenvalue weighted by atomic mass is 32.1. The van der Waals surface area contributed by atoms with Gasteiger partial charge in [0.15, 0.2) is 5.11 Å². The number of likely N-dealkylation sites (N-methyl/N-ethyl adjacent to an activating group) is 1. The fourth-order valence-corrected chi connectivity index (χ4v) is 1.32. The fourth-order valence-electron chi connectivity index (χ4n) is 1.22. The maximum atomic E-state index is 4.98. The number of anilines is 1. The molecule has 0 saturated carbocycles. The van der Waals surface area contributed by atoms with Crippen molar-refractivity contribution >= 4 is 23.0 Å².